The molecule has 2 amide bonds. The first kappa shape index (κ1) is 15.2. The van der Waals surface area contributed by atoms with Crippen LogP contribution in [-0.4, -0.2) is 23.3 Å². The van der Waals surface area contributed by atoms with Gasteiger partial charge >= 0.3 is 0 Å². The van der Waals surface area contributed by atoms with Gasteiger partial charge in [-0.15, -0.1) is 0 Å². The number of amides is 2. The van der Waals surface area contributed by atoms with Gasteiger partial charge in [-0.2, -0.15) is 0 Å². The van der Waals surface area contributed by atoms with E-state index >= 15 is 0 Å². The van der Waals surface area contributed by atoms with Crippen LogP contribution in [0.25, 0.3) is 0 Å². The third-order valence-corrected chi connectivity index (χ3v) is 3.62. The quantitative estimate of drug-likeness (QED) is 0.619. The lowest BCUT2D eigenvalue weighted by Gasteiger charge is -2.24. The van der Waals surface area contributed by atoms with E-state index in [1.165, 1.54) is 37.0 Å². The van der Waals surface area contributed by atoms with E-state index < -0.39 is 0 Å². The van der Waals surface area contributed by atoms with Gasteiger partial charge in [-0.3, -0.25) is 14.5 Å². The largest absolute Gasteiger partial charge is 0.283 e. The molecule has 0 aromatic carbocycles. The minimum atomic E-state index is 0.0363. The molecule has 0 aromatic heterocycles. The smallest absolute Gasteiger partial charge is 0.229 e. The van der Waals surface area contributed by atoms with Crippen molar-refractivity contribution in [2.45, 2.75) is 77.6 Å². The summed E-state index contributed by atoms with van der Waals surface area (Å²) in [6.07, 6.45) is 11.5. The number of carbonyl (C=O) groups excluding carboxylic acids is 2. The summed E-state index contributed by atoms with van der Waals surface area (Å²) in [6, 6.07) is 0. The maximum atomic E-state index is 11.8. The zero-order valence-electron chi connectivity index (χ0n) is 11.7. The summed E-state index contributed by atoms with van der Waals surface area (Å²) >= 11 is 0. The van der Waals surface area contributed by atoms with Crippen molar-refractivity contribution in [3.63, 3.8) is 0 Å². The van der Waals surface area contributed by atoms with E-state index in [1.54, 1.807) is 0 Å². The molecule has 0 spiro atoms. The fourth-order valence-electron chi connectivity index (χ4n) is 2.44. The molecule has 0 bridgehead atoms. The highest BCUT2D eigenvalue weighted by molar-refractivity contribution is 5.95. The Morgan fingerprint density at radius 1 is 1.06 bits per heavy atom. The number of unbranched alkanes of at least 4 members (excludes halogenated alkanes) is 6. The van der Waals surface area contributed by atoms with E-state index in [0.717, 1.165) is 25.7 Å². The van der Waals surface area contributed by atoms with Gasteiger partial charge in [-0.05, 0) is 19.3 Å². The second-order valence-electron chi connectivity index (χ2n) is 5.27. The van der Waals surface area contributed by atoms with Crippen molar-refractivity contribution >= 4 is 11.8 Å². The second kappa shape index (κ2) is 9.12. The lowest BCUT2D eigenvalue weighted by molar-refractivity contribution is -0.146. The predicted octanol–water partition coefficient (Wildman–Crippen LogP) is 3.67. The van der Waals surface area contributed by atoms with Gasteiger partial charge < -0.3 is 0 Å². The summed E-state index contributed by atoms with van der Waals surface area (Å²) < 4.78 is 0. The van der Waals surface area contributed by atoms with Gasteiger partial charge in [0.15, 0.2) is 0 Å². The molecule has 1 saturated heterocycles. The van der Waals surface area contributed by atoms with Crippen LogP contribution in [0.15, 0.2) is 0 Å². The van der Waals surface area contributed by atoms with Crippen LogP contribution in [0, 0.1) is 0 Å². The molecule has 0 aromatic rings. The Hall–Kier alpha value is -0.860. The SMILES string of the molecule is CCCCCCCCCC(=O)N1CCCCC1=O. The van der Waals surface area contributed by atoms with Crippen molar-refractivity contribution in [2.75, 3.05) is 6.54 Å². The molecule has 18 heavy (non-hydrogen) atoms. The van der Waals surface area contributed by atoms with Gasteiger partial charge in [0, 0.05) is 19.4 Å². The van der Waals surface area contributed by atoms with E-state index in [-0.39, 0.29) is 11.8 Å². The van der Waals surface area contributed by atoms with Crippen LogP contribution in [-0.2, 0) is 9.59 Å². The van der Waals surface area contributed by atoms with Crippen molar-refractivity contribution in [2.24, 2.45) is 0 Å². The topological polar surface area (TPSA) is 37.4 Å². The molecule has 1 aliphatic heterocycles. The maximum absolute atomic E-state index is 11.8. The average Bonchev–Trinajstić information content (AvgIpc) is 2.38. The van der Waals surface area contributed by atoms with Crippen LogP contribution in [0.5, 0.6) is 0 Å². The lowest BCUT2D eigenvalue weighted by Crippen LogP contribution is -2.40. The Morgan fingerprint density at radius 3 is 2.39 bits per heavy atom. The van der Waals surface area contributed by atoms with E-state index in [1.807, 2.05) is 0 Å². The molecule has 104 valence electrons. The summed E-state index contributed by atoms with van der Waals surface area (Å²) in [6.45, 7) is 2.86. The zero-order chi connectivity index (χ0) is 13.2. The number of nitrogens with zero attached hydrogens (tertiary/aromatic N) is 1. The van der Waals surface area contributed by atoms with Gasteiger partial charge in [-0.25, -0.2) is 0 Å². The highest BCUT2D eigenvalue weighted by Gasteiger charge is 2.23. The second-order valence-corrected chi connectivity index (χ2v) is 5.27. The molecule has 0 N–H and O–H groups in total. The molecule has 0 radical (unpaired) electrons. The highest BCUT2D eigenvalue weighted by atomic mass is 16.2. The number of rotatable bonds is 8. The van der Waals surface area contributed by atoms with Crippen LogP contribution in [0.1, 0.15) is 77.6 Å². The standard InChI is InChI=1S/C15H27NO2/c1-2-3-4-5-6-7-8-11-14(17)16-13-10-9-12-15(16)18/h2-13H2,1H3. The number of hydrogen-bond acceptors (Lipinski definition) is 2. The first-order chi connectivity index (χ1) is 8.75. The Kier molecular flexibility index (Phi) is 7.70. The number of hydrogen-bond donors (Lipinski definition) is 0. The molecule has 0 atom stereocenters. The molecule has 3 heteroatoms. The first-order valence-corrected chi connectivity index (χ1v) is 7.59. The summed E-state index contributed by atoms with van der Waals surface area (Å²) in [7, 11) is 0. The molecule has 1 fully saturated rings. The molecule has 1 rings (SSSR count). The highest BCUT2D eigenvalue weighted by Crippen LogP contribution is 2.14. The third-order valence-electron chi connectivity index (χ3n) is 3.62. The fourth-order valence-corrected chi connectivity index (χ4v) is 2.44. The van der Waals surface area contributed by atoms with Crippen LogP contribution in [0.2, 0.25) is 0 Å². The van der Waals surface area contributed by atoms with Crippen LogP contribution in [0.3, 0.4) is 0 Å². The molecular weight excluding hydrogens is 226 g/mol. The van der Waals surface area contributed by atoms with Gasteiger partial charge in [-0.1, -0.05) is 45.4 Å². The number of carbonyl (C=O) groups is 2. The van der Waals surface area contributed by atoms with Crippen molar-refractivity contribution in [1.82, 2.24) is 4.90 Å². The van der Waals surface area contributed by atoms with Crippen molar-refractivity contribution in [3.8, 4) is 0 Å². The number of piperidine rings is 1. The van der Waals surface area contributed by atoms with Gasteiger partial charge in [0.25, 0.3) is 0 Å². The van der Waals surface area contributed by atoms with E-state index in [2.05, 4.69) is 6.92 Å². The monoisotopic (exact) mass is 253 g/mol. The summed E-state index contributed by atoms with van der Waals surface area (Å²) in [4.78, 5) is 24.9. The minimum Gasteiger partial charge on any atom is -0.283 e. The predicted molar refractivity (Wildman–Crippen MR) is 73.2 cm³/mol. The minimum absolute atomic E-state index is 0.0363. The van der Waals surface area contributed by atoms with E-state index in [0.29, 0.717) is 19.4 Å². The molecule has 0 unspecified atom stereocenters. The van der Waals surface area contributed by atoms with Crippen molar-refractivity contribution in [3.05, 3.63) is 0 Å². The van der Waals surface area contributed by atoms with Crippen LogP contribution >= 0.6 is 0 Å². The Labute approximate surface area is 111 Å². The van der Waals surface area contributed by atoms with Crippen molar-refractivity contribution in [1.29, 1.82) is 0 Å². The van der Waals surface area contributed by atoms with Gasteiger partial charge in [0.1, 0.15) is 0 Å². The summed E-state index contributed by atoms with van der Waals surface area (Å²) in [5.74, 6) is 0.0856. The Bertz CT molecular complexity index is 263. The number of likely N-dealkylation sites (tertiary alicyclic amines) is 1. The van der Waals surface area contributed by atoms with E-state index in [4.69, 9.17) is 0 Å². The molecule has 1 heterocycles. The average molecular weight is 253 g/mol. The first-order valence-electron chi connectivity index (χ1n) is 7.59. The van der Waals surface area contributed by atoms with Crippen LogP contribution < -0.4 is 0 Å². The van der Waals surface area contributed by atoms with Crippen molar-refractivity contribution < 1.29 is 9.59 Å². The Balaban J connectivity index is 2.04. The molecule has 0 aliphatic carbocycles. The van der Waals surface area contributed by atoms with E-state index in [9.17, 15) is 9.59 Å². The summed E-state index contributed by atoms with van der Waals surface area (Å²) in [5.41, 5.74) is 0. The molecule has 1 aliphatic rings. The zero-order valence-corrected chi connectivity index (χ0v) is 11.7. The number of imide groups is 1. The Morgan fingerprint density at radius 2 is 1.72 bits per heavy atom. The molecular formula is C15H27NO2. The fraction of sp³-hybridized carbons (Fsp3) is 0.867. The maximum Gasteiger partial charge on any atom is 0.229 e. The molecule has 0 saturated carbocycles. The molecule has 3 nitrogen and oxygen atoms in total. The van der Waals surface area contributed by atoms with Crippen LogP contribution in [0.4, 0.5) is 0 Å². The lowest BCUT2D eigenvalue weighted by atomic mass is 10.1. The third kappa shape index (κ3) is 5.65. The van der Waals surface area contributed by atoms with Gasteiger partial charge in [0.05, 0.1) is 0 Å². The normalized spacial score (nSPS) is 16.1. The summed E-state index contributed by atoms with van der Waals surface area (Å²) in [5, 5.41) is 0. The van der Waals surface area contributed by atoms with Gasteiger partial charge in [0.2, 0.25) is 11.8 Å².